The zero-order valence-electron chi connectivity index (χ0n) is 14.6. The van der Waals surface area contributed by atoms with Crippen LogP contribution in [0.25, 0.3) is 0 Å². The van der Waals surface area contributed by atoms with E-state index in [9.17, 15) is 18.0 Å². The number of carbonyl (C=O) groups is 1. The van der Waals surface area contributed by atoms with E-state index in [2.05, 4.69) is 5.32 Å². The molecule has 0 aromatic heterocycles. The monoisotopic (exact) mass is 379 g/mol. The summed E-state index contributed by atoms with van der Waals surface area (Å²) < 4.78 is 49.9. The van der Waals surface area contributed by atoms with Crippen molar-refractivity contribution in [1.82, 2.24) is 5.32 Å². The largest absolute Gasteiger partial charge is 0.485 e. The first-order chi connectivity index (χ1) is 11.2. The van der Waals surface area contributed by atoms with Gasteiger partial charge >= 0.3 is 12.3 Å². The standard InChI is InChI=1S/C17H21ClF3NO3/c1-15(2,3)25-14(23)22-13-12(18)10-8-9(17(19,20)21)6-7-11(10)24-16(13,4)5/h6-8,12-13H,1-5H3,(H,22,23). The molecule has 0 fully saturated rings. The van der Waals surface area contributed by atoms with Gasteiger partial charge in [0.25, 0.3) is 0 Å². The number of nitrogens with one attached hydrogen (secondary N) is 1. The number of halogens is 4. The van der Waals surface area contributed by atoms with Crippen LogP contribution in [-0.2, 0) is 10.9 Å². The van der Waals surface area contributed by atoms with Crippen LogP contribution in [0, 0.1) is 0 Å². The second-order valence-corrected chi connectivity index (χ2v) is 7.95. The van der Waals surface area contributed by atoms with Crippen LogP contribution in [0.4, 0.5) is 18.0 Å². The van der Waals surface area contributed by atoms with Crippen molar-refractivity contribution in [2.24, 2.45) is 0 Å². The van der Waals surface area contributed by atoms with Crippen molar-refractivity contribution in [3.63, 3.8) is 0 Å². The Balaban J connectivity index is 2.33. The molecule has 1 N–H and O–H groups in total. The van der Waals surface area contributed by atoms with E-state index >= 15 is 0 Å². The van der Waals surface area contributed by atoms with E-state index in [1.165, 1.54) is 6.07 Å². The lowest BCUT2D eigenvalue weighted by atomic mass is 9.87. The average molecular weight is 380 g/mol. The van der Waals surface area contributed by atoms with Crippen LogP contribution in [0.15, 0.2) is 18.2 Å². The number of alkyl halides is 4. The molecule has 25 heavy (non-hydrogen) atoms. The second-order valence-electron chi connectivity index (χ2n) is 7.48. The lowest BCUT2D eigenvalue weighted by molar-refractivity contribution is -0.137. The molecule has 140 valence electrons. The predicted molar refractivity (Wildman–Crippen MR) is 87.9 cm³/mol. The number of amides is 1. The van der Waals surface area contributed by atoms with Gasteiger partial charge in [-0.05, 0) is 52.8 Å². The van der Waals surface area contributed by atoms with Gasteiger partial charge in [-0.1, -0.05) is 0 Å². The van der Waals surface area contributed by atoms with E-state index in [1.54, 1.807) is 34.6 Å². The van der Waals surface area contributed by atoms with Gasteiger partial charge in [-0.2, -0.15) is 13.2 Å². The first-order valence-corrected chi connectivity index (χ1v) is 8.18. The number of hydrogen-bond acceptors (Lipinski definition) is 3. The predicted octanol–water partition coefficient (Wildman–Crippen LogP) is 5.05. The highest BCUT2D eigenvalue weighted by molar-refractivity contribution is 6.21. The van der Waals surface area contributed by atoms with Gasteiger partial charge in [-0.15, -0.1) is 11.6 Å². The molecule has 2 rings (SSSR count). The van der Waals surface area contributed by atoms with Crippen molar-refractivity contribution in [3.8, 4) is 5.75 Å². The molecule has 0 spiro atoms. The molecule has 4 nitrogen and oxygen atoms in total. The zero-order valence-corrected chi connectivity index (χ0v) is 15.4. The summed E-state index contributed by atoms with van der Waals surface area (Å²) in [7, 11) is 0. The van der Waals surface area contributed by atoms with Gasteiger partial charge in [0, 0.05) is 5.56 Å². The lowest BCUT2D eigenvalue weighted by Crippen LogP contribution is -2.57. The minimum atomic E-state index is -4.49. The summed E-state index contributed by atoms with van der Waals surface area (Å²) in [5, 5.41) is 1.71. The molecular formula is C17H21ClF3NO3. The average Bonchev–Trinajstić information content (AvgIpc) is 2.39. The molecule has 1 aromatic carbocycles. The number of carbonyl (C=O) groups excluding carboxylic acids is 1. The molecule has 1 heterocycles. The van der Waals surface area contributed by atoms with Gasteiger partial charge in [-0.3, -0.25) is 0 Å². The molecule has 8 heteroatoms. The fourth-order valence-electron chi connectivity index (χ4n) is 2.59. The van der Waals surface area contributed by atoms with Crippen LogP contribution in [0.3, 0.4) is 0 Å². The molecular weight excluding hydrogens is 359 g/mol. The minimum absolute atomic E-state index is 0.178. The molecule has 2 unspecified atom stereocenters. The quantitative estimate of drug-likeness (QED) is 0.694. The van der Waals surface area contributed by atoms with E-state index in [0.717, 1.165) is 12.1 Å². The van der Waals surface area contributed by atoms with Crippen molar-refractivity contribution in [1.29, 1.82) is 0 Å². The number of fused-ring (bicyclic) bond motifs is 1. The van der Waals surface area contributed by atoms with Gasteiger partial charge in [-0.25, -0.2) is 4.79 Å². The first kappa shape index (κ1) is 19.7. The van der Waals surface area contributed by atoms with E-state index in [-0.39, 0.29) is 11.3 Å². The fraction of sp³-hybridized carbons (Fsp3) is 0.588. The Bertz CT molecular complexity index is 668. The Morgan fingerprint density at radius 3 is 2.40 bits per heavy atom. The second kappa shape index (κ2) is 6.27. The van der Waals surface area contributed by atoms with Crippen LogP contribution in [0.5, 0.6) is 5.75 Å². The third-order valence-electron chi connectivity index (χ3n) is 3.72. The smallest absolute Gasteiger partial charge is 0.416 e. The number of ether oxygens (including phenoxy) is 2. The first-order valence-electron chi connectivity index (χ1n) is 7.74. The Morgan fingerprint density at radius 1 is 1.28 bits per heavy atom. The molecule has 2 atom stereocenters. The van der Waals surface area contributed by atoms with Crippen LogP contribution in [0.2, 0.25) is 0 Å². The Hall–Kier alpha value is -1.63. The normalized spacial score (nSPS) is 22.6. The van der Waals surface area contributed by atoms with E-state index in [1.807, 2.05) is 0 Å². The van der Waals surface area contributed by atoms with Crippen molar-refractivity contribution in [2.45, 2.75) is 63.4 Å². The molecule has 1 aliphatic heterocycles. The summed E-state index contributed by atoms with van der Waals surface area (Å²) in [5.74, 6) is 0.264. The maximum absolute atomic E-state index is 13.0. The Morgan fingerprint density at radius 2 is 1.88 bits per heavy atom. The number of alkyl carbamates (subject to hydrolysis) is 1. The molecule has 1 aliphatic rings. The minimum Gasteiger partial charge on any atom is -0.485 e. The number of hydrogen-bond donors (Lipinski definition) is 1. The summed E-state index contributed by atoms with van der Waals surface area (Å²) in [6, 6.07) is 2.37. The maximum atomic E-state index is 13.0. The van der Waals surface area contributed by atoms with Crippen LogP contribution in [0.1, 0.15) is 51.1 Å². The van der Waals surface area contributed by atoms with Crippen molar-refractivity contribution in [3.05, 3.63) is 29.3 Å². The summed E-state index contributed by atoms with van der Waals surface area (Å²) in [6.45, 7) is 8.52. The SMILES string of the molecule is CC(C)(C)OC(=O)NC1C(Cl)c2cc(C(F)(F)F)ccc2OC1(C)C. The molecule has 0 radical (unpaired) electrons. The summed E-state index contributed by atoms with van der Waals surface area (Å²) in [5.41, 5.74) is -2.30. The highest BCUT2D eigenvalue weighted by Gasteiger charge is 2.45. The Labute approximate surface area is 149 Å². The van der Waals surface area contributed by atoms with Crippen molar-refractivity contribution < 1.29 is 27.4 Å². The van der Waals surface area contributed by atoms with Gasteiger partial charge < -0.3 is 14.8 Å². The highest BCUT2D eigenvalue weighted by atomic mass is 35.5. The van der Waals surface area contributed by atoms with Crippen LogP contribution < -0.4 is 10.1 Å². The van der Waals surface area contributed by atoms with E-state index < -0.39 is 40.5 Å². The molecule has 0 bridgehead atoms. The lowest BCUT2D eigenvalue weighted by Gasteiger charge is -2.43. The molecule has 0 saturated carbocycles. The summed E-state index contributed by atoms with van der Waals surface area (Å²) in [4.78, 5) is 12.1. The van der Waals surface area contributed by atoms with E-state index in [0.29, 0.717) is 0 Å². The molecule has 1 amide bonds. The third kappa shape index (κ3) is 4.51. The van der Waals surface area contributed by atoms with Gasteiger partial charge in [0.2, 0.25) is 0 Å². The number of rotatable bonds is 1. The van der Waals surface area contributed by atoms with Gasteiger partial charge in [0.15, 0.2) is 0 Å². The molecule has 0 saturated heterocycles. The van der Waals surface area contributed by atoms with Gasteiger partial charge in [0.1, 0.15) is 17.0 Å². The van der Waals surface area contributed by atoms with Crippen molar-refractivity contribution >= 4 is 17.7 Å². The molecule has 0 aliphatic carbocycles. The molecule has 1 aromatic rings. The van der Waals surface area contributed by atoms with Gasteiger partial charge in [0.05, 0.1) is 17.0 Å². The summed E-state index contributed by atoms with van der Waals surface area (Å²) >= 11 is 6.42. The third-order valence-corrected chi connectivity index (χ3v) is 4.21. The Kier molecular flexibility index (Phi) is 4.94. The van der Waals surface area contributed by atoms with Crippen LogP contribution in [-0.4, -0.2) is 23.3 Å². The topological polar surface area (TPSA) is 47.6 Å². The maximum Gasteiger partial charge on any atom is 0.416 e. The highest BCUT2D eigenvalue weighted by Crippen LogP contribution is 2.45. The van der Waals surface area contributed by atoms with Crippen molar-refractivity contribution in [2.75, 3.05) is 0 Å². The van der Waals surface area contributed by atoms with E-state index in [4.69, 9.17) is 21.1 Å². The van der Waals surface area contributed by atoms with Crippen LogP contribution >= 0.6 is 11.6 Å². The fourth-order valence-corrected chi connectivity index (χ4v) is 3.13. The number of benzene rings is 1. The zero-order chi connectivity index (χ0) is 19.2. The summed E-state index contributed by atoms with van der Waals surface area (Å²) in [6.07, 6.45) is -5.21.